The minimum atomic E-state index is -1.07. The molecule has 2 saturated heterocycles. The summed E-state index contributed by atoms with van der Waals surface area (Å²) in [7, 11) is 0. The van der Waals surface area contributed by atoms with Crippen LogP contribution in [0.2, 0.25) is 0 Å². The Balaban J connectivity index is 0.899. The van der Waals surface area contributed by atoms with Crippen LogP contribution in [0.1, 0.15) is 109 Å². The predicted molar refractivity (Wildman–Crippen MR) is 238 cm³/mol. The average Bonchev–Trinajstić information content (AvgIpc) is 3.65. The smallest absolute Gasteiger partial charge is 0.308 e. The Labute approximate surface area is 370 Å². The predicted octanol–water partition coefficient (Wildman–Crippen LogP) is 10.4. The quantitative estimate of drug-likeness (QED) is 0.127. The second kappa shape index (κ2) is 19.0. The molecule has 1 unspecified atom stereocenters. The van der Waals surface area contributed by atoms with E-state index < -0.39 is 30.7 Å². The molecule has 2 aliphatic heterocycles. The second-order valence-corrected chi connectivity index (χ2v) is 20.4. The number of esters is 1. The summed E-state index contributed by atoms with van der Waals surface area (Å²) in [6.07, 6.45) is 9.66. The van der Waals surface area contributed by atoms with Crippen LogP contribution in [0.25, 0.3) is 0 Å². The van der Waals surface area contributed by atoms with Crippen molar-refractivity contribution in [1.82, 2.24) is 0 Å². The van der Waals surface area contributed by atoms with E-state index in [1.807, 2.05) is 85.8 Å². The highest BCUT2D eigenvalue weighted by Crippen LogP contribution is 2.67. The number of carbonyl (C=O) groups excluding carboxylic acids is 1. The summed E-state index contributed by atoms with van der Waals surface area (Å²) in [5.41, 5.74) is 5.08. The zero-order chi connectivity index (χ0) is 42.8. The number of aliphatic hydroxyl groups is 1. The van der Waals surface area contributed by atoms with Crippen LogP contribution in [0.3, 0.4) is 0 Å². The van der Waals surface area contributed by atoms with E-state index in [4.69, 9.17) is 28.4 Å². The average molecular weight is 847 g/mol. The number of ether oxygens (including phenoxy) is 6. The number of cyclic esters (lactones) is 1. The first-order chi connectivity index (χ1) is 30.1. The Morgan fingerprint density at radius 2 is 1.40 bits per heavy atom. The molecule has 4 aliphatic carbocycles. The minimum absolute atomic E-state index is 0.000511. The summed E-state index contributed by atoms with van der Waals surface area (Å²) >= 11 is 0. The number of hydrogen-bond acceptors (Lipinski definition) is 8. The van der Waals surface area contributed by atoms with Gasteiger partial charge < -0.3 is 33.5 Å². The fraction of sp³-hybridized carbons (Fsp3) is 0.611. The van der Waals surface area contributed by atoms with E-state index in [9.17, 15) is 9.90 Å². The van der Waals surface area contributed by atoms with Gasteiger partial charge in [-0.25, -0.2) is 0 Å². The van der Waals surface area contributed by atoms with Gasteiger partial charge in [0.15, 0.2) is 6.29 Å². The van der Waals surface area contributed by atoms with E-state index in [0.717, 1.165) is 55.2 Å². The standard InChI is InChI=1S/C54H70O8/c1-35-20-25-46(61-51(35)56)36(2)43-23-24-44-42-22-21-40-30-41(26-28-53(40,3)45(42)27-29-54(43,44)4)60-52-48(55)50(59-33-39-18-12-7-13-19-39)49(58-32-38-16-10-6-11-17-38)47(62-52)34-57-31-37-14-8-5-9-15-37/h5-19,21,35-36,41-50,52,55H,20,22-34H2,1-4H3/t35?,36-,41-,42-,43+,44-,45-,46+,47+,48+,49+,50+,52+,53-,54+/m0/s1. The molecule has 2 heterocycles. The number of allylic oxidation sites excluding steroid dienone is 1. The van der Waals surface area contributed by atoms with Gasteiger partial charge >= 0.3 is 5.97 Å². The first-order valence-corrected chi connectivity index (χ1v) is 23.9. The molecule has 0 amide bonds. The summed E-state index contributed by atoms with van der Waals surface area (Å²) in [6.45, 7) is 10.9. The number of carbonyl (C=O) groups is 1. The summed E-state index contributed by atoms with van der Waals surface area (Å²) in [4.78, 5) is 12.6. The Hall–Kier alpha value is -3.37. The zero-order valence-electron chi connectivity index (χ0n) is 37.4. The number of benzene rings is 3. The molecule has 5 fully saturated rings. The van der Waals surface area contributed by atoms with Crippen molar-refractivity contribution >= 4 is 5.97 Å². The maximum atomic E-state index is 12.6. The lowest BCUT2D eigenvalue weighted by atomic mass is 9.47. The summed E-state index contributed by atoms with van der Waals surface area (Å²) < 4.78 is 39.4. The van der Waals surface area contributed by atoms with Gasteiger partial charge in [0.1, 0.15) is 30.5 Å². The molecule has 0 bridgehead atoms. The van der Waals surface area contributed by atoms with E-state index in [2.05, 4.69) is 39.0 Å². The molecule has 15 atom stereocenters. The van der Waals surface area contributed by atoms with Gasteiger partial charge in [-0.1, -0.05) is 130 Å². The summed E-state index contributed by atoms with van der Waals surface area (Å²) in [6, 6.07) is 30.3. The first kappa shape index (κ1) is 43.9. The number of fused-ring (bicyclic) bond motifs is 5. The SMILES string of the molecule is CC1CC[C@H]([C@@H](C)[C@H]2CC[C@H]3[C@@H]4CC=C5C[C@@H](O[C@@H]6O[C@H](COCc7ccccc7)[C@@H](OCc7ccccc7)[C@H](OCc7ccccc7)[C@H]6O)CC[C@]5(C)[C@H]4CC[C@]23C)OC1=O. The van der Waals surface area contributed by atoms with Gasteiger partial charge in [-0.2, -0.15) is 0 Å². The Bertz CT molecular complexity index is 1960. The largest absolute Gasteiger partial charge is 0.462 e. The second-order valence-electron chi connectivity index (χ2n) is 20.4. The van der Waals surface area contributed by atoms with Gasteiger partial charge in [0.25, 0.3) is 0 Å². The molecule has 0 radical (unpaired) electrons. The number of aliphatic hydroxyl groups excluding tert-OH is 1. The third kappa shape index (κ3) is 8.99. The van der Waals surface area contributed by atoms with Gasteiger partial charge in [0.2, 0.25) is 0 Å². The van der Waals surface area contributed by atoms with E-state index in [1.165, 1.54) is 31.3 Å². The maximum absolute atomic E-state index is 12.6. The highest BCUT2D eigenvalue weighted by atomic mass is 16.7. The van der Waals surface area contributed by atoms with Crippen LogP contribution in [0.15, 0.2) is 103 Å². The first-order valence-electron chi connectivity index (χ1n) is 23.9. The molecule has 8 nitrogen and oxygen atoms in total. The molecule has 0 aromatic heterocycles. The normalized spacial score (nSPS) is 38.5. The molecule has 62 heavy (non-hydrogen) atoms. The third-order valence-electron chi connectivity index (χ3n) is 16.8. The fourth-order valence-corrected chi connectivity index (χ4v) is 13.3. The van der Waals surface area contributed by atoms with E-state index >= 15 is 0 Å². The van der Waals surface area contributed by atoms with Crippen molar-refractivity contribution in [2.45, 2.75) is 155 Å². The summed E-state index contributed by atoms with van der Waals surface area (Å²) in [5, 5.41) is 12.2. The maximum Gasteiger partial charge on any atom is 0.308 e. The Kier molecular flexibility index (Phi) is 13.4. The van der Waals surface area contributed by atoms with Crippen LogP contribution >= 0.6 is 0 Å². The molecule has 8 heteroatoms. The van der Waals surface area contributed by atoms with Crippen molar-refractivity contribution in [2.24, 2.45) is 46.3 Å². The molecule has 6 aliphatic rings. The molecule has 3 aromatic rings. The van der Waals surface area contributed by atoms with Crippen molar-refractivity contribution in [3.05, 3.63) is 119 Å². The third-order valence-corrected chi connectivity index (χ3v) is 16.8. The lowest BCUT2D eigenvalue weighted by Gasteiger charge is -2.59. The van der Waals surface area contributed by atoms with Crippen LogP contribution < -0.4 is 0 Å². The van der Waals surface area contributed by atoms with Crippen molar-refractivity contribution in [3.8, 4) is 0 Å². The zero-order valence-corrected chi connectivity index (χ0v) is 37.4. The molecule has 3 aromatic carbocycles. The van der Waals surface area contributed by atoms with Crippen molar-refractivity contribution in [2.75, 3.05) is 6.61 Å². The van der Waals surface area contributed by atoms with Crippen LogP contribution in [0.5, 0.6) is 0 Å². The lowest BCUT2D eigenvalue weighted by molar-refractivity contribution is -0.328. The van der Waals surface area contributed by atoms with Gasteiger partial charge in [0.05, 0.1) is 38.4 Å². The number of hydrogen-bond donors (Lipinski definition) is 1. The van der Waals surface area contributed by atoms with Crippen LogP contribution in [-0.4, -0.2) is 60.6 Å². The van der Waals surface area contributed by atoms with E-state index in [1.54, 1.807) is 0 Å². The molecule has 0 spiro atoms. The topological polar surface area (TPSA) is 92.7 Å². The molecule has 9 rings (SSSR count). The highest BCUT2D eigenvalue weighted by molar-refractivity contribution is 5.72. The van der Waals surface area contributed by atoms with E-state index in [0.29, 0.717) is 49.4 Å². The minimum Gasteiger partial charge on any atom is -0.462 e. The highest BCUT2D eigenvalue weighted by Gasteiger charge is 2.60. The molecular formula is C54H70O8. The fourth-order valence-electron chi connectivity index (χ4n) is 13.3. The van der Waals surface area contributed by atoms with Crippen LogP contribution in [0, 0.1) is 46.3 Å². The Morgan fingerprint density at radius 3 is 2.06 bits per heavy atom. The van der Waals surface area contributed by atoms with Gasteiger partial charge in [0, 0.05) is 0 Å². The van der Waals surface area contributed by atoms with E-state index in [-0.39, 0.29) is 41.5 Å². The van der Waals surface area contributed by atoms with Crippen molar-refractivity contribution in [3.63, 3.8) is 0 Å². The molecule has 1 N–H and O–H groups in total. The number of rotatable bonds is 14. The molecule has 3 saturated carbocycles. The molecule has 334 valence electrons. The monoisotopic (exact) mass is 847 g/mol. The van der Waals surface area contributed by atoms with Crippen LogP contribution in [-0.2, 0) is 53.0 Å². The van der Waals surface area contributed by atoms with Crippen molar-refractivity contribution in [1.29, 1.82) is 0 Å². The molecular weight excluding hydrogens is 777 g/mol. The van der Waals surface area contributed by atoms with Gasteiger partial charge in [-0.15, -0.1) is 0 Å². The van der Waals surface area contributed by atoms with Crippen LogP contribution in [0.4, 0.5) is 0 Å². The summed E-state index contributed by atoms with van der Waals surface area (Å²) in [5.74, 6) is 3.07. The van der Waals surface area contributed by atoms with Gasteiger partial charge in [-0.05, 0) is 121 Å². The lowest BCUT2D eigenvalue weighted by Crippen LogP contribution is -2.61. The van der Waals surface area contributed by atoms with Gasteiger partial charge in [-0.3, -0.25) is 4.79 Å². The Morgan fingerprint density at radius 1 is 0.758 bits per heavy atom. The van der Waals surface area contributed by atoms with Crippen molar-refractivity contribution < 1.29 is 38.3 Å².